The van der Waals surface area contributed by atoms with Crippen molar-refractivity contribution >= 4 is 21.6 Å². The second kappa shape index (κ2) is 5.38. The minimum absolute atomic E-state index is 0.0887. The molecule has 1 aliphatic heterocycles. The Hall–Kier alpha value is -0.570. The van der Waals surface area contributed by atoms with E-state index in [1.54, 1.807) is 12.1 Å². The van der Waals surface area contributed by atoms with Crippen LogP contribution in [0.1, 0.15) is 38.7 Å². The molecule has 0 N–H and O–H groups in total. The van der Waals surface area contributed by atoms with E-state index in [2.05, 4.69) is 34.7 Å². The quantitative estimate of drug-likeness (QED) is 0.744. The van der Waals surface area contributed by atoms with Crippen LogP contribution in [0.2, 0.25) is 0 Å². The molecule has 17 heavy (non-hydrogen) atoms. The fourth-order valence-electron chi connectivity index (χ4n) is 2.83. The van der Waals surface area contributed by atoms with E-state index in [0.29, 0.717) is 17.4 Å². The van der Waals surface area contributed by atoms with Gasteiger partial charge in [-0.25, -0.2) is 4.39 Å². The first-order valence-electron chi connectivity index (χ1n) is 6.30. The van der Waals surface area contributed by atoms with Crippen LogP contribution in [0.4, 0.5) is 10.1 Å². The normalized spacial score (nSPS) is 24.4. The number of alkyl halides is 1. The Balaban J connectivity index is 2.44. The number of hydrogen-bond acceptors (Lipinski definition) is 1. The number of halogens is 2. The molecule has 1 aromatic rings. The van der Waals surface area contributed by atoms with E-state index in [-0.39, 0.29) is 5.82 Å². The van der Waals surface area contributed by atoms with E-state index < -0.39 is 0 Å². The Morgan fingerprint density at radius 2 is 2.18 bits per heavy atom. The van der Waals surface area contributed by atoms with Gasteiger partial charge in [-0.3, -0.25) is 0 Å². The number of anilines is 1. The average molecular weight is 300 g/mol. The van der Waals surface area contributed by atoms with Gasteiger partial charge in [-0.05, 0) is 37.8 Å². The molecule has 0 spiro atoms. The average Bonchev–Trinajstić information content (AvgIpc) is 2.70. The van der Waals surface area contributed by atoms with Crippen LogP contribution in [0.5, 0.6) is 0 Å². The monoisotopic (exact) mass is 299 g/mol. The van der Waals surface area contributed by atoms with Gasteiger partial charge in [0.1, 0.15) is 5.82 Å². The lowest BCUT2D eigenvalue weighted by Gasteiger charge is -2.32. The van der Waals surface area contributed by atoms with Crippen LogP contribution in [0.25, 0.3) is 0 Å². The van der Waals surface area contributed by atoms with Gasteiger partial charge in [0.15, 0.2) is 0 Å². The van der Waals surface area contributed by atoms with Crippen molar-refractivity contribution in [3.8, 4) is 0 Å². The Labute approximate surface area is 111 Å². The molecule has 1 aliphatic rings. The zero-order chi connectivity index (χ0) is 12.4. The first kappa shape index (κ1) is 12.9. The van der Waals surface area contributed by atoms with E-state index in [0.717, 1.165) is 24.1 Å². The standard InChI is InChI=1S/C14H19BrFN/c1-3-12-8-7-10(2)17(12)14-11(9-15)5-4-6-13(14)16/h4-6,10,12H,3,7-9H2,1-2H3. The van der Waals surface area contributed by atoms with Gasteiger partial charge in [0.25, 0.3) is 0 Å². The van der Waals surface area contributed by atoms with E-state index >= 15 is 0 Å². The van der Waals surface area contributed by atoms with Gasteiger partial charge in [-0.1, -0.05) is 35.0 Å². The fourth-order valence-corrected chi connectivity index (χ4v) is 3.28. The summed E-state index contributed by atoms with van der Waals surface area (Å²) in [6.07, 6.45) is 3.42. The Kier molecular flexibility index (Phi) is 4.08. The van der Waals surface area contributed by atoms with Crippen molar-refractivity contribution in [2.45, 2.75) is 50.5 Å². The van der Waals surface area contributed by atoms with Gasteiger partial charge in [-0.15, -0.1) is 0 Å². The summed E-state index contributed by atoms with van der Waals surface area (Å²) in [6.45, 7) is 4.38. The molecule has 2 rings (SSSR count). The number of rotatable bonds is 3. The van der Waals surface area contributed by atoms with Crippen molar-refractivity contribution in [3.05, 3.63) is 29.6 Å². The summed E-state index contributed by atoms with van der Waals surface area (Å²) >= 11 is 3.46. The van der Waals surface area contributed by atoms with Crippen LogP contribution in [-0.4, -0.2) is 12.1 Å². The number of nitrogens with zero attached hydrogens (tertiary/aromatic N) is 1. The molecule has 0 saturated carbocycles. The van der Waals surface area contributed by atoms with Gasteiger partial charge in [0.05, 0.1) is 5.69 Å². The zero-order valence-corrected chi connectivity index (χ0v) is 12.0. The largest absolute Gasteiger partial charge is 0.363 e. The van der Waals surface area contributed by atoms with Gasteiger partial charge >= 0.3 is 0 Å². The highest BCUT2D eigenvalue weighted by molar-refractivity contribution is 9.08. The van der Waals surface area contributed by atoms with Gasteiger partial charge < -0.3 is 4.90 Å². The molecular weight excluding hydrogens is 281 g/mol. The molecule has 0 radical (unpaired) electrons. The lowest BCUT2D eigenvalue weighted by Crippen LogP contribution is -2.35. The SMILES string of the molecule is CCC1CCC(C)N1c1c(F)cccc1CBr. The highest BCUT2D eigenvalue weighted by atomic mass is 79.9. The second-order valence-electron chi connectivity index (χ2n) is 4.78. The van der Waals surface area contributed by atoms with Crippen molar-refractivity contribution in [2.75, 3.05) is 4.90 Å². The molecule has 0 aliphatic carbocycles. The predicted molar refractivity (Wildman–Crippen MR) is 74.3 cm³/mol. The van der Waals surface area contributed by atoms with E-state index in [1.165, 1.54) is 6.42 Å². The number of benzene rings is 1. The molecule has 1 aromatic carbocycles. The molecule has 0 bridgehead atoms. The molecule has 0 aromatic heterocycles. The van der Waals surface area contributed by atoms with Crippen LogP contribution in [0, 0.1) is 5.82 Å². The summed E-state index contributed by atoms with van der Waals surface area (Å²) < 4.78 is 14.1. The predicted octanol–water partition coefficient (Wildman–Crippen LogP) is 4.49. The van der Waals surface area contributed by atoms with E-state index in [9.17, 15) is 4.39 Å². The molecule has 2 atom stereocenters. The molecule has 94 valence electrons. The number of hydrogen-bond donors (Lipinski definition) is 0. The van der Waals surface area contributed by atoms with E-state index in [4.69, 9.17) is 0 Å². The van der Waals surface area contributed by atoms with E-state index in [1.807, 2.05) is 6.07 Å². The minimum Gasteiger partial charge on any atom is -0.363 e. The summed E-state index contributed by atoms with van der Waals surface area (Å²) in [5.74, 6) is -0.0887. The lowest BCUT2D eigenvalue weighted by atomic mass is 10.1. The van der Waals surface area contributed by atoms with Crippen LogP contribution < -0.4 is 4.90 Å². The molecule has 1 nitrogen and oxygen atoms in total. The molecular formula is C14H19BrFN. The van der Waals surface area contributed by atoms with Crippen molar-refractivity contribution < 1.29 is 4.39 Å². The molecule has 1 heterocycles. The Bertz CT molecular complexity index is 394. The lowest BCUT2D eigenvalue weighted by molar-refractivity contribution is 0.580. The van der Waals surface area contributed by atoms with Crippen LogP contribution in [-0.2, 0) is 5.33 Å². The Morgan fingerprint density at radius 1 is 1.41 bits per heavy atom. The van der Waals surface area contributed by atoms with Crippen molar-refractivity contribution in [2.24, 2.45) is 0 Å². The Morgan fingerprint density at radius 3 is 2.82 bits per heavy atom. The van der Waals surface area contributed by atoms with Crippen LogP contribution in [0.3, 0.4) is 0 Å². The highest BCUT2D eigenvalue weighted by Crippen LogP contribution is 2.36. The zero-order valence-electron chi connectivity index (χ0n) is 10.4. The molecule has 3 heteroatoms. The minimum atomic E-state index is -0.0887. The summed E-state index contributed by atoms with van der Waals surface area (Å²) in [5, 5.41) is 0.708. The second-order valence-corrected chi connectivity index (χ2v) is 5.34. The summed E-state index contributed by atoms with van der Waals surface area (Å²) in [7, 11) is 0. The first-order chi connectivity index (χ1) is 8.19. The third kappa shape index (κ3) is 2.35. The molecule has 1 fully saturated rings. The molecule has 2 unspecified atom stereocenters. The smallest absolute Gasteiger partial charge is 0.146 e. The first-order valence-corrected chi connectivity index (χ1v) is 7.42. The van der Waals surface area contributed by atoms with Gasteiger partial charge in [0.2, 0.25) is 0 Å². The van der Waals surface area contributed by atoms with Crippen molar-refractivity contribution in [1.82, 2.24) is 0 Å². The maximum atomic E-state index is 14.1. The topological polar surface area (TPSA) is 3.24 Å². The summed E-state index contributed by atoms with van der Waals surface area (Å²) in [4.78, 5) is 2.28. The van der Waals surface area contributed by atoms with Gasteiger partial charge in [-0.2, -0.15) is 0 Å². The highest BCUT2D eigenvalue weighted by Gasteiger charge is 2.32. The van der Waals surface area contributed by atoms with Crippen LogP contribution in [0.15, 0.2) is 18.2 Å². The van der Waals surface area contributed by atoms with Gasteiger partial charge in [0, 0.05) is 17.4 Å². The molecule has 0 amide bonds. The fraction of sp³-hybridized carbons (Fsp3) is 0.571. The van der Waals surface area contributed by atoms with Crippen LogP contribution >= 0.6 is 15.9 Å². The van der Waals surface area contributed by atoms with Crippen molar-refractivity contribution in [3.63, 3.8) is 0 Å². The summed E-state index contributed by atoms with van der Waals surface area (Å²) in [6, 6.07) is 6.29. The maximum Gasteiger partial charge on any atom is 0.146 e. The third-order valence-corrected chi connectivity index (χ3v) is 4.33. The summed E-state index contributed by atoms with van der Waals surface area (Å²) in [5.41, 5.74) is 1.86. The maximum absolute atomic E-state index is 14.1. The third-order valence-electron chi connectivity index (χ3n) is 3.73. The molecule has 1 saturated heterocycles. The number of para-hydroxylation sites is 1. The van der Waals surface area contributed by atoms with Crippen molar-refractivity contribution in [1.29, 1.82) is 0 Å².